The number of rotatable bonds is 6. The Kier molecular flexibility index (Phi) is 3.91. The lowest BCUT2D eigenvalue weighted by Gasteiger charge is -2.28. The first-order valence-corrected chi connectivity index (χ1v) is 5.70. The highest BCUT2D eigenvalue weighted by atomic mass is 16.4. The van der Waals surface area contributed by atoms with E-state index in [1.54, 1.807) is 20.8 Å². The predicted molar refractivity (Wildman–Crippen MR) is 60.1 cm³/mol. The SMILES string of the molecule is CCC(C)(NC(C)C(=O)NC1CC1)C(=O)O. The largest absolute Gasteiger partial charge is 0.480 e. The summed E-state index contributed by atoms with van der Waals surface area (Å²) >= 11 is 0. The van der Waals surface area contributed by atoms with Gasteiger partial charge >= 0.3 is 5.97 Å². The summed E-state index contributed by atoms with van der Waals surface area (Å²) in [5.74, 6) is -1.05. The normalized spacial score (nSPS) is 20.9. The first kappa shape index (κ1) is 13.0. The fraction of sp³-hybridized carbons (Fsp3) is 0.818. The molecule has 1 rings (SSSR count). The first-order valence-electron chi connectivity index (χ1n) is 5.70. The van der Waals surface area contributed by atoms with Gasteiger partial charge in [-0.2, -0.15) is 0 Å². The average molecular weight is 228 g/mol. The van der Waals surface area contributed by atoms with Crippen LogP contribution >= 0.6 is 0 Å². The molecule has 0 aromatic rings. The zero-order valence-corrected chi connectivity index (χ0v) is 10.0. The molecule has 1 saturated carbocycles. The van der Waals surface area contributed by atoms with E-state index in [1.165, 1.54) is 0 Å². The average Bonchev–Trinajstić information content (AvgIpc) is 3.00. The number of nitrogens with one attached hydrogen (secondary N) is 2. The van der Waals surface area contributed by atoms with Gasteiger partial charge in [-0.3, -0.25) is 14.9 Å². The van der Waals surface area contributed by atoms with Crippen LogP contribution in [0, 0.1) is 0 Å². The number of hydrogen-bond donors (Lipinski definition) is 3. The number of aliphatic carboxylic acids is 1. The highest BCUT2D eigenvalue weighted by Gasteiger charge is 2.35. The highest BCUT2D eigenvalue weighted by Crippen LogP contribution is 2.19. The van der Waals surface area contributed by atoms with E-state index in [4.69, 9.17) is 5.11 Å². The topological polar surface area (TPSA) is 78.4 Å². The molecule has 0 heterocycles. The van der Waals surface area contributed by atoms with E-state index in [0.29, 0.717) is 12.5 Å². The molecule has 92 valence electrons. The van der Waals surface area contributed by atoms with E-state index >= 15 is 0 Å². The van der Waals surface area contributed by atoms with Crippen molar-refractivity contribution in [2.24, 2.45) is 0 Å². The van der Waals surface area contributed by atoms with Gasteiger partial charge in [0.1, 0.15) is 5.54 Å². The summed E-state index contributed by atoms with van der Waals surface area (Å²) in [6.07, 6.45) is 2.49. The molecule has 16 heavy (non-hydrogen) atoms. The lowest BCUT2D eigenvalue weighted by molar-refractivity contribution is -0.145. The Morgan fingerprint density at radius 3 is 2.44 bits per heavy atom. The van der Waals surface area contributed by atoms with Crippen LogP contribution in [-0.2, 0) is 9.59 Å². The van der Waals surface area contributed by atoms with Crippen molar-refractivity contribution in [3.8, 4) is 0 Å². The molecule has 1 fully saturated rings. The molecule has 0 aromatic heterocycles. The standard InChI is InChI=1S/C11H20N2O3/c1-4-11(3,10(15)16)13-7(2)9(14)12-8-5-6-8/h7-8,13H,4-6H2,1-3H3,(H,12,14)(H,15,16). The maximum atomic E-state index is 11.6. The molecule has 3 N–H and O–H groups in total. The van der Waals surface area contributed by atoms with Crippen molar-refractivity contribution >= 4 is 11.9 Å². The number of carbonyl (C=O) groups excluding carboxylic acids is 1. The summed E-state index contributed by atoms with van der Waals surface area (Å²) in [7, 11) is 0. The zero-order valence-electron chi connectivity index (χ0n) is 10.0. The van der Waals surface area contributed by atoms with Crippen LogP contribution in [0.15, 0.2) is 0 Å². The van der Waals surface area contributed by atoms with E-state index in [-0.39, 0.29) is 5.91 Å². The minimum Gasteiger partial charge on any atom is -0.480 e. The van der Waals surface area contributed by atoms with Crippen LogP contribution in [0.4, 0.5) is 0 Å². The van der Waals surface area contributed by atoms with Crippen LogP contribution < -0.4 is 10.6 Å². The van der Waals surface area contributed by atoms with Crippen LogP contribution in [0.1, 0.15) is 40.0 Å². The molecule has 0 aliphatic heterocycles. The van der Waals surface area contributed by atoms with Gasteiger partial charge < -0.3 is 10.4 Å². The third kappa shape index (κ3) is 3.20. The molecule has 1 aliphatic rings. The van der Waals surface area contributed by atoms with Crippen LogP contribution in [0.3, 0.4) is 0 Å². The van der Waals surface area contributed by atoms with Crippen LogP contribution in [-0.4, -0.2) is 34.6 Å². The monoisotopic (exact) mass is 228 g/mol. The smallest absolute Gasteiger partial charge is 0.323 e. The molecule has 5 nitrogen and oxygen atoms in total. The molecular formula is C11H20N2O3. The number of hydrogen-bond acceptors (Lipinski definition) is 3. The quantitative estimate of drug-likeness (QED) is 0.618. The minimum absolute atomic E-state index is 0.122. The summed E-state index contributed by atoms with van der Waals surface area (Å²) < 4.78 is 0. The Morgan fingerprint density at radius 1 is 1.50 bits per heavy atom. The molecule has 0 aromatic carbocycles. The second-order valence-electron chi connectivity index (χ2n) is 4.64. The number of carboxylic acids is 1. The first-order chi connectivity index (χ1) is 7.39. The lowest BCUT2D eigenvalue weighted by Crippen LogP contribution is -2.57. The van der Waals surface area contributed by atoms with Gasteiger partial charge in [-0.25, -0.2) is 0 Å². The van der Waals surface area contributed by atoms with Gasteiger partial charge in [0.2, 0.25) is 5.91 Å². The van der Waals surface area contributed by atoms with Gasteiger partial charge in [-0.1, -0.05) is 6.92 Å². The van der Waals surface area contributed by atoms with Crippen LogP contribution in [0.2, 0.25) is 0 Å². The Balaban J connectivity index is 2.49. The van der Waals surface area contributed by atoms with Crippen molar-refractivity contribution in [3.05, 3.63) is 0 Å². The molecule has 5 heteroatoms. The molecule has 1 amide bonds. The van der Waals surface area contributed by atoms with Gasteiger partial charge in [-0.15, -0.1) is 0 Å². The third-order valence-corrected chi connectivity index (χ3v) is 3.03. The number of carbonyl (C=O) groups is 2. The van der Waals surface area contributed by atoms with E-state index < -0.39 is 17.6 Å². The Morgan fingerprint density at radius 2 is 2.06 bits per heavy atom. The van der Waals surface area contributed by atoms with E-state index in [1.807, 2.05) is 0 Å². The minimum atomic E-state index is -1.04. The van der Waals surface area contributed by atoms with Crippen LogP contribution in [0.25, 0.3) is 0 Å². The summed E-state index contributed by atoms with van der Waals surface area (Å²) in [5, 5.41) is 14.8. The fourth-order valence-electron chi connectivity index (χ4n) is 1.41. The molecule has 1 aliphatic carbocycles. The van der Waals surface area contributed by atoms with Gasteiger partial charge in [0.25, 0.3) is 0 Å². The molecular weight excluding hydrogens is 208 g/mol. The van der Waals surface area contributed by atoms with Gasteiger partial charge in [0.05, 0.1) is 6.04 Å². The maximum Gasteiger partial charge on any atom is 0.323 e. The van der Waals surface area contributed by atoms with Crippen LogP contribution in [0.5, 0.6) is 0 Å². The Bertz CT molecular complexity index is 289. The van der Waals surface area contributed by atoms with E-state index in [2.05, 4.69) is 10.6 Å². The van der Waals surface area contributed by atoms with E-state index in [9.17, 15) is 9.59 Å². The van der Waals surface area contributed by atoms with Crippen molar-refractivity contribution in [2.45, 2.75) is 57.7 Å². The zero-order chi connectivity index (χ0) is 12.3. The number of carboxylic acid groups (broad SMARTS) is 1. The Labute approximate surface area is 95.6 Å². The highest BCUT2D eigenvalue weighted by molar-refractivity contribution is 5.84. The fourth-order valence-corrected chi connectivity index (χ4v) is 1.41. The summed E-state index contributed by atoms with van der Waals surface area (Å²) in [6, 6.07) is -0.184. The van der Waals surface area contributed by atoms with Crippen molar-refractivity contribution in [1.29, 1.82) is 0 Å². The molecule has 2 unspecified atom stereocenters. The third-order valence-electron chi connectivity index (χ3n) is 3.03. The molecule has 2 atom stereocenters. The maximum absolute atomic E-state index is 11.6. The Hall–Kier alpha value is -1.10. The molecule has 0 radical (unpaired) electrons. The molecule has 0 spiro atoms. The lowest BCUT2D eigenvalue weighted by atomic mass is 9.98. The van der Waals surface area contributed by atoms with E-state index in [0.717, 1.165) is 12.8 Å². The summed E-state index contributed by atoms with van der Waals surface area (Å²) in [5.41, 5.74) is -1.04. The van der Waals surface area contributed by atoms with Crippen molar-refractivity contribution in [1.82, 2.24) is 10.6 Å². The molecule has 0 bridgehead atoms. The van der Waals surface area contributed by atoms with Crippen molar-refractivity contribution in [2.75, 3.05) is 0 Å². The van der Waals surface area contributed by atoms with Crippen molar-refractivity contribution in [3.63, 3.8) is 0 Å². The van der Waals surface area contributed by atoms with Crippen molar-refractivity contribution < 1.29 is 14.7 Å². The molecule has 0 saturated heterocycles. The van der Waals surface area contributed by atoms with Gasteiger partial charge in [0.15, 0.2) is 0 Å². The predicted octanol–water partition coefficient (Wildman–Crippen LogP) is 0.496. The second kappa shape index (κ2) is 4.82. The summed E-state index contributed by atoms with van der Waals surface area (Å²) in [6.45, 7) is 5.07. The summed E-state index contributed by atoms with van der Waals surface area (Å²) in [4.78, 5) is 22.7. The van der Waals surface area contributed by atoms with Gasteiger partial charge in [-0.05, 0) is 33.1 Å². The van der Waals surface area contributed by atoms with Gasteiger partial charge in [0, 0.05) is 6.04 Å². The second-order valence-corrected chi connectivity index (χ2v) is 4.64. The number of amides is 1.